The number of nitrogens with zero attached hydrogens (tertiary/aromatic N) is 1. The highest BCUT2D eigenvalue weighted by atomic mass is 32.2. The highest BCUT2D eigenvalue weighted by molar-refractivity contribution is 7.88. The van der Waals surface area contributed by atoms with Gasteiger partial charge in [-0.1, -0.05) is 18.2 Å². The second-order valence-electron chi connectivity index (χ2n) is 6.77. The largest absolute Gasteiger partial charge is 0.348 e. The number of thiophene rings is 1. The number of nitrogens with one attached hydrogen (secondary N) is 1. The zero-order valence-electron chi connectivity index (χ0n) is 13.4. The summed E-state index contributed by atoms with van der Waals surface area (Å²) in [5, 5.41) is 4.20. The minimum atomic E-state index is -3.16. The van der Waals surface area contributed by atoms with Crippen LogP contribution in [0, 0.1) is 0 Å². The van der Waals surface area contributed by atoms with Crippen LogP contribution in [-0.2, 0) is 10.0 Å². The van der Waals surface area contributed by atoms with Crippen LogP contribution in [0.5, 0.6) is 0 Å². The zero-order valence-corrected chi connectivity index (χ0v) is 15.1. The van der Waals surface area contributed by atoms with Crippen LogP contribution in [0.15, 0.2) is 30.3 Å². The molecule has 2 atom stereocenters. The monoisotopic (exact) mass is 364 g/mol. The summed E-state index contributed by atoms with van der Waals surface area (Å²) in [6.45, 7) is 0. The summed E-state index contributed by atoms with van der Waals surface area (Å²) in [4.78, 5) is 13.3. The van der Waals surface area contributed by atoms with Crippen molar-refractivity contribution in [2.45, 2.75) is 43.8 Å². The molecule has 2 aromatic rings. The third-order valence-electron chi connectivity index (χ3n) is 5.03. The van der Waals surface area contributed by atoms with Gasteiger partial charge in [-0.3, -0.25) is 4.79 Å². The van der Waals surface area contributed by atoms with Gasteiger partial charge in [-0.15, -0.1) is 11.3 Å². The van der Waals surface area contributed by atoms with Crippen LogP contribution in [0.1, 0.15) is 35.4 Å². The second-order valence-corrected chi connectivity index (χ2v) is 9.74. The van der Waals surface area contributed by atoms with Crippen LogP contribution in [0.3, 0.4) is 0 Å². The molecule has 24 heavy (non-hydrogen) atoms. The van der Waals surface area contributed by atoms with Crippen molar-refractivity contribution in [2.24, 2.45) is 0 Å². The van der Waals surface area contributed by atoms with Gasteiger partial charge in [0.15, 0.2) is 0 Å². The summed E-state index contributed by atoms with van der Waals surface area (Å²) in [5.41, 5.74) is 0. The molecule has 5 nitrogen and oxygen atoms in total. The molecule has 0 radical (unpaired) electrons. The average molecular weight is 364 g/mol. The summed E-state index contributed by atoms with van der Waals surface area (Å²) >= 11 is 1.50. The number of piperidine rings is 1. The fourth-order valence-corrected chi connectivity index (χ4v) is 6.58. The molecule has 0 saturated carbocycles. The summed E-state index contributed by atoms with van der Waals surface area (Å²) in [6.07, 6.45) is 4.49. The first-order chi connectivity index (χ1) is 11.4. The molecule has 4 rings (SSSR count). The Hall–Kier alpha value is -1.44. The van der Waals surface area contributed by atoms with Gasteiger partial charge in [0, 0.05) is 22.8 Å². The van der Waals surface area contributed by atoms with Crippen molar-refractivity contribution in [3.05, 3.63) is 35.2 Å². The van der Waals surface area contributed by atoms with Crippen LogP contribution in [-0.4, -0.2) is 43.0 Å². The summed E-state index contributed by atoms with van der Waals surface area (Å²) in [5.74, 6) is -0.0478. The number of fused-ring (bicyclic) bond motifs is 3. The number of sulfonamides is 1. The van der Waals surface area contributed by atoms with E-state index < -0.39 is 10.0 Å². The van der Waals surface area contributed by atoms with E-state index in [1.54, 1.807) is 4.31 Å². The van der Waals surface area contributed by atoms with Crippen molar-refractivity contribution in [1.82, 2.24) is 9.62 Å². The Morgan fingerprint density at radius 2 is 1.88 bits per heavy atom. The molecule has 1 aromatic heterocycles. The Balaban J connectivity index is 1.48. The normalized spacial score (nSPS) is 27.5. The molecule has 2 bridgehead atoms. The second kappa shape index (κ2) is 5.82. The first kappa shape index (κ1) is 16.1. The highest BCUT2D eigenvalue weighted by Crippen LogP contribution is 2.37. The van der Waals surface area contributed by atoms with E-state index in [-0.39, 0.29) is 24.0 Å². The van der Waals surface area contributed by atoms with Gasteiger partial charge in [0.2, 0.25) is 10.0 Å². The predicted molar refractivity (Wildman–Crippen MR) is 95.8 cm³/mol. The molecule has 1 N–H and O–H groups in total. The van der Waals surface area contributed by atoms with E-state index in [1.165, 1.54) is 17.6 Å². The molecule has 7 heteroatoms. The standard InChI is InChI=1S/C17H20N2O3S2/c1-24(21,22)19-13-6-7-14(19)10-12(9-13)18-17(20)16-8-11-4-2-3-5-15(11)23-16/h2-5,8,12-14H,6-7,9-10H2,1H3,(H,18,20). The Morgan fingerprint density at radius 1 is 1.21 bits per heavy atom. The molecule has 2 aliphatic rings. The van der Waals surface area contributed by atoms with E-state index in [1.807, 2.05) is 30.3 Å². The molecule has 128 valence electrons. The molecule has 2 fully saturated rings. The van der Waals surface area contributed by atoms with Crippen molar-refractivity contribution in [1.29, 1.82) is 0 Å². The summed E-state index contributed by atoms with van der Waals surface area (Å²) < 4.78 is 26.6. The maximum atomic E-state index is 12.6. The van der Waals surface area contributed by atoms with Gasteiger partial charge in [-0.25, -0.2) is 8.42 Å². The maximum absolute atomic E-state index is 12.6. The van der Waals surface area contributed by atoms with Gasteiger partial charge in [0.1, 0.15) is 0 Å². The molecule has 1 aromatic carbocycles. The van der Waals surface area contributed by atoms with Crippen LogP contribution >= 0.6 is 11.3 Å². The Kier molecular flexibility index (Phi) is 3.89. The number of carbonyl (C=O) groups is 1. The van der Waals surface area contributed by atoms with E-state index in [2.05, 4.69) is 5.32 Å². The van der Waals surface area contributed by atoms with Crippen molar-refractivity contribution in [2.75, 3.05) is 6.26 Å². The Bertz CT molecular complexity index is 843. The van der Waals surface area contributed by atoms with E-state index in [4.69, 9.17) is 0 Å². The van der Waals surface area contributed by atoms with Crippen LogP contribution in [0.25, 0.3) is 10.1 Å². The lowest BCUT2D eigenvalue weighted by atomic mass is 9.99. The van der Waals surface area contributed by atoms with Gasteiger partial charge in [-0.05, 0) is 43.2 Å². The summed E-state index contributed by atoms with van der Waals surface area (Å²) in [6, 6.07) is 10.0. The zero-order chi connectivity index (χ0) is 16.9. The maximum Gasteiger partial charge on any atom is 0.261 e. The predicted octanol–water partition coefficient (Wildman–Crippen LogP) is 2.59. The fraction of sp³-hybridized carbons (Fsp3) is 0.471. The van der Waals surface area contributed by atoms with Crippen LogP contribution in [0.4, 0.5) is 0 Å². The third-order valence-corrected chi connectivity index (χ3v) is 7.51. The number of benzene rings is 1. The van der Waals surface area contributed by atoms with Crippen molar-refractivity contribution >= 4 is 37.4 Å². The highest BCUT2D eigenvalue weighted by Gasteiger charge is 2.45. The Labute approximate surface area is 145 Å². The van der Waals surface area contributed by atoms with E-state index in [9.17, 15) is 13.2 Å². The first-order valence-corrected chi connectivity index (χ1v) is 10.9. The van der Waals surface area contributed by atoms with E-state index in [0.29, 0.717) is 17.7 Å². The third kappa shape index (κ3) is 2.85. The number of carbonyl (C=O) groups excluding carboxylic acids is 1. The van der Waals surface area contributed by atoms with Crippen molar-refractivity contribution < 1.29 is 13.2 Å². The minimum Gasteiger partial charge on any atom is -0.348 e. The van der Waals surface area contributed by atoms with Crippen molar-refractivity contribution in [3.8, 4) is 0 Å². The molecular formula is C17H20N2O3S2. The lowest BCUT2D eigenvalue weighted by Gasteiger charge is -2.37. The quantitative estimate of drug-likeness (QED) is 0.910. The van der Waals surface area contributed by atoms with Gasteiger partial charge in [0.05, 0.1) is 11.1 Å². The molecule has 2 aliphatic heterocycles. The molecule has 2 unspecified atom stereocenters. The topological polar surface area (TPSA) is 66.5 Å². The SMILES string of the molecule is CS(=O)(=O)N1C2CCC1CC(NC(=O)c1cc3ccccc3s1)C2. The van der Waals surface area contributed by atoms with Gasteiger partial charge in [0.25, 0.3) is 5.91 Å². The molecular weight excluding hydrogens is 344 g/mol. The molecule has 2 saturated heterocycles. The van der Waals surface area contributed by atoms with Crippen LogP contribution in [0.2, 0.25) is 0 Å². The first-order valence-electron chi connectivity index (χ1n) is 8.20. The van der Waals surface area contributed by atoms with E-state index in [0.717, 1.165) is 22.9 Å². The molecule has 1 amide bonds. The molecule has 3 heterocycles. The van der Waals surface area contributed by atoms with Crippen LogP contribution < -0.4 is 5.32 Å². The number of rotatable bonds is 3. The molecule has 0 spiro atoms. The van der Waals surface area contributed by atoms with Crippen molar-refractivity contribution in [3.63, 3.8) is 0 Å². The van der Waals surface area contributed by atoms with Gasteiger partial charge in [-0.2, -0.15) is 4.31 Å². The number of hydrogen-bond acceptors (Lipinski definition) is 4. The number of amides is 1. The van der Waals surface area contributed by atoms with Gasteiger partial charge < -0.3 is 5.32 Å². The smallest absolute Gasteiger partial charge is 0.261 e. The lowest BCUT2D eigenvalue weighted by Crippen LogP contribution is -2.52. The summed E-state index contributed by atoms with van der Waals surface area (Å²) in [7, 11) is -3.16. The van der Waals surface area contributed by atoms with E-state index >= 15 is 0 Å². The minimum absolute atomic E-state index is 0.0338. The fourth-order valence-electron chi connectivity index (χ4n) is 4.14. The van der Waals surface area contributed by atoms with Gasteiger partial charge >= 0.3 is 0 Å². The lowest BCUT2D eigenvalue weighted by molar-refractivity contribution is 0.0913. The molecule has 0 aliphatic carbocycles. The number of hydrogen-bond donors (Lipinski definition) is 1. The Morgan fingerprint density at radius 3 is 2.50 bits per heavy atom. The average Bonchev–Trinajstić information content (AvgIpc) is 3.06.